The molecule has 0 bridgehead atoms. The number of ether oxygens (including phenoxy) is 1. The first-order chi connectivity index (χ1) is 11.7. The molecule has 3 aromatic heterocycles. The predicted octanol–water partition coefficient (Wildman–Crippen LogP) is 3.72. The number of aryl methyl sites for hydroxylation is 1. The Balaban J connectivity index is 1.65. The molecular weight excluding hydrogens is 302 g/mol. The second-order valence-corrected chi connectivity index (χ2v) is 5.60. The Hall–Kier alpha value is -3.28. The van der Waals surface area contributed by atoms with Crippen LogP contribution >= 0.6 is 0 Å². The van der Waals surface area contributed by atoms with Gasteiger partial charge in [0.15, 0.2) is 0 Å². The molecule has 6 heteroatoms. The number of nitrogens with zero attached hydrogens (tertiary/aromatic N) is 3. The van der Waals surface area contributed by atoms with Gasteiger partial charge in [0.2, 0.25) is 0 Å². The van der Waals surface area contributed by atoms with Gasteiger partial charge in [0.25, 0.3) is 0 Å². The Labute approximate surface area is 139 Å². The van der Waals surface area contributed by atoms with Crippen LogP contribution in [0.2, 0.25) is 0 Å². The molecule has 0 amide bonds. The third-order valence-electron chi connectivity index (χ3n) is 3.86. The van der Waals surface area contributed by atoms with Gasteiger partial charge in [0.05, 0.1) is 18.8 Å². The third kappa shape index (κ3) is 2.69. The van der Waals surface area contributed by atoms with Crippen molar-refractivity contribution < 1.29 is 4.74 Å². The first-order valence-corrected chi connectivity index (χ1v) is 7.60. The van der Waals surface area contributed by atoms with Gasteiger partial charge < -0.3 is 15.0 Å². The smallest absolute Gasteiger partial charge is 0.132 e. The van der Waals surface area contributed by atoms with Crippen molar-refractivity contribution in [1.29, 1.82) is 0 Å². The van der Waals surface area contributed by atoms with Crippen molar-refractivity contribution in [3.05, 3.63) is 55.0 Å². The first kappa shape index (κ1) is 14.3. The summed E-state index contributed by atoms with van der Waals surface area (Å²) in [6.45, 7) is 0. The molecule has 0 fully saturated rings. The van der Waals surface area contributed by atoms with E-state index in [-0.39, 0.29) is 0 Å². The lowest BCUT2D eigenvalue weighted by Crippen LogP contribution is -1.93. The second kappa shape index (κ2) is 5.73. The zero-order valence-corrected chi connectivity index (χ0v) is 13.4. The first-order valence-electron chi connectivity index (χ1n) is 7.60. The highest BCUT2D eigenvalue weighted by molar-refractivity contribution is 5.87. The van der Waals surface area contributed by atoms with Crippen LogP contribution in [0.1, 0.15) is 0 Å². The normalized spacial score (nSPS) is 10.9. The molecule has 0 saturated carbocycles. The van der Waals surface area contributed by atoms with E-state index in [4.69, 9.17) is 4.74 Å². The van der Waals surface area contributed by atoms with Gasteiger partial charge in [-0.3, -0.25) is 4.68 Å². The number of hydrogen-bond acceptors (Lipinski definition) is 4. The fraction of sp³-hybridized carbons (Fsp3) is 0.111. The number of rotatable bonds is 4. The molecule has 0 spiro atoms. The number of methoxy groups -OCH3 is 1. The van der Waals surface area contributed by atoms with E-state index < -0.39 is 0 Å². The van der Waals surface area contributed by atoms with E-state index in [0.29, 0.717) is 0 Å². The summed E-state index contributed by atoms with van der Waals surface area (Å²) in [5, 5.41) is 8.57. The van der Waals surface area contributed by atoms with Crippen molar-refractivity contribution in [1.82, 2.24) is 19.7 Å². The number of pyridine rings is 1. The third-order valence-corrected chi connectivity index (χ3v) is 3.86. The zero-order chi connectivity index (χ0) is 16.5. The van der Waals surface area contributed by atoms with Gasteiger partial charge >= 0.3 is 0 Å². The largest absolute Gasteiger partial charge is 0.497 e. The molecule has 1 aromatic carbocycles. The van der Waals surface area contributed by atoms with Gasteiger partial charge in [-0.1, -0.05) is 6.07 Å². The van der Waals surface area contributed by atoms with Crippen molar-refractivity contribution >= 4 is 22.4 Å². The Bertz CT molecular complexity index is 1000. The molecule has 0 aliphatic heterocycles. The van der Waals surface area contributed by atoms with E-state index in [0.717, 1.165) is 39.4 Å². The maximum absolute atomic E-state index is 5.24. The molecule has 0 aliphatic carbocycles. The number of anilines is 2. The van der Waals surface area contributed by atoms with Crippen LogP contribution in [0.15, 0.2) is 55.0 Å². The number of nitrogens with one attached hydrogen (secondary N) is 2. The quantitative estimate of drug-likeness (QED) is 0.601. The highest BCUT2D eigenvalue weighted by Gasteiger charge is 2.07. The Kier molecular flexibility index (Phi) is 3.42. The van der Waals surface area contributed by atoms with E-state index >= 15 is 0 Å². The number of aromatic amines is 1. The van der Waals surface area contributed by atoms with E-state index in [1.165, 1.54) is 0 Å². The van der Waals surface area contributed by atoms with Crippen LogP contribution in [0, 0.1) is 0 Å². The van der Waals surface area contributed by atoms with Crippen molar-refractivity contribution in [2.45, 2.75) is 0 Å². The maximum atomic E-state index is 5.24. The van der Waals surface area contributed by atoms with Crippen LogP contribution in [-0.2, 0) is 7.05 Å². The van der Waals surface area contributed by atoms with Gasteiger partial charge in [-0.15, -0.1) is 0 Å². The van der Waals surface area contributed by atoms with Gasteiger partial charge in [-0.05, 0) is 18.2 Å². The van der Waals surface area contributed by atoms with E-state index in [1.807, 2.05) is 56.0 Å². The molecule has 0 radical (unpaired) electrons. The minimum Gasteiger partial charge on any atom is -0.497 e. The van der Waals surface area contributed by atoms with E-state index in [1.54, 1.807) is 11.8 Å². The standard InChI is InChI=1S/C18H17N5O/c1-23-11-13(10-20-23)16-6-12-9-19-18(8-17(12)22-16)21-14-4-3-5-15(7-14)24-2/h3-11,22H,1-2H3,(H,19,21). The summed E-state index contributed by atoms with van der Waals surface area (Å²) < 4.78 is 7.03. The maximum Gasteiger partial charge on any atom is 0.132 e. The monoisotopic (exact) mass is 319 g/mol. The minimum atomic E-state index is 0.773. The fourth-order valence-electron chi connectivity index (χ4n) is 2.66. The highest BCUT2D eigenvalue weighted by atomic mass is 16.5. The number of fused-ring (bicyclic) bond motifs is 1. The molecule has 120 valence electrons. The number of benzene rings is 1. The van der Waals surface area contributed by atoms with Crippen LogP contribution in [0.5, 0.6) is 5.75 Å². The molecule has 2 N–H and O–H groups in total. The molecule has 3 heterocycles. The van der Waals surface area contributed by atoms with Crippen LogP contribution in [0.3, 0.4) is 0 Å². The minimum absolute atomic E-state index is 0.773. The van der Waals surface area contributed by atoms with E-state index in [9.17, 15) is 0 Å². The second-order valence-electron chi connectivity index (χ2n) is 5.60. The topological polar surface area (TPSA) is 67.8 Å². The molecule has 6 nitrogen and oxygen atoms in total. The number of H-pyrrole nitrogens is 1. The molecule has 0 aliphatic rings. The summed E-state index contributed by atoms with van der Waals surface area (Å²) in [6.07, 6.45) is 5.68. The average molecular weight is 319 g/mol. The van der Waals surface area contributed by atoms with Gasteiger partial charge in [-0.25, -0.2) is 4.98 Å². The lowest BCUT2D eigenvalue weighted by atomic mass is 10.2. The van der Waals surface area contributed by atoms with Gasteiger partial charge in [0, 0.05) is 53.9 Å². The van der Waals surface area contributed by atoms with Crippen molar-refractivity contribution in [3.8, 4) is 17.0 Å². The molecule has 4 rings (SSSR count). The van der Waals surface area contributed by atoms with Crippen LogP contribution < -0.4 is 10.1 Å². The van der Waals surface area contributed by atoms with Crippen LogP contribution in [0.25, 0.3) is 22.2 Å². The predicted molar refractivity (Wildman–Crippen MR) is 94.6 cm³/mol. The molecule has 0 atom stereocenters. The summed E-state index contributed by atoms with van der Waals surface area (Å²) in [6, 6.07) is 11.8. The lowest BCUT2D eigenvalue weighted by molar-refractivity contribution is 0.415. The molecule has 24 heavy (non-hydrogen) atoms. The van der Waals surface area contributed by atoms with Crippen LogP contribution in [0.4, 0.5) is 11.5 Å². The Morgan fingerprint density at radius 2 is 2.08 bits per heavy atom. The van der Waals surface area contributed by atoms with Crippen molar-refractivity contribution in [3.63, 3.8) is 0 Å². The number of aromatic nitrogens is 4. The van der Waals surface area contributed by atoms with Crippen molar-refractivity contribution in [2.75, 3.05) is 12.4 Å². The Morgan fingerprint density at radius 3 is 2.88 bits per heavy atom. The number of hydrogen-bond donors (Lipinski definition) is 2. The SMILES string of the molecule is COc1cccc(Nc2cc3[nH]c(-c4cnn(C)c4)cc3cn2)c1. The fourth-order valence-corrected chi connectivity index (χ4v) is 2.66. The summed E-state index contributed by atoms with van der Waals surface area (Å²) in [5.74, 6) is 1.58. The zero-order valence-electron chi connectivity index (χ0n) is 13.4. The van der Waals surface area contributed by atoms with Crippen LogP contribution in [-0.4, -0.2) is 26.9 Å². The Morgan fingerprint density at radius 1 is 1.17 bits per heavy atom. The highest BCUT2D eigenvalue weighted by Crippen LogP contribution is 2.26. The van der Waals surface area contributed by atoms with Gasteiger partial charge in [-0.2, -0.15) is 5.10 Å². The summed E-state index contributed by atoms with van der Waals surface area (Å²) in [4.78, 5) is 7.89. The van der Waals surface area contributed by atoms with Gasteiger partial charge in [0.1, 0.15) is 11.6 Å². The lowest BCUT2D eigenvalue weighted by Gasteiger charge is -2.07. The van der Waals surface area contributed by atoms with E-state index in [2.05, 4.69) is 26.4 Å². The molecule has 4 aromatic rings. The summed E-state index contributed by atoms with van der Waals surface area (Å²) >= 11 is 0. The average Bonchev–Trinajstić information content (AvgIpc) is 3.20. The van der Waals surface area contributed by atoms with Crippen molar-refractivity contribution in [2.24, 2.45) is 7.05 Å². The summed E-state index contributed by atoms with van der Waals surface area (Å²) in [7, 11) is 3.56. The molecule has 0 unspecified atom stereocenters. The summed E-state index contributed by atoms with van der Waals surface area (Å²) in [5.41, 5.74) is 4.03. The molecular formula is C18H17N5O. The molecule has 0 saturated heterocycles.